The number of carbonyl (C=O) groups excluding carboxylic acids is 2. The van der Waals surface area contributed by atoms with E-state index in [2.05, 4.69) is 51.7 Å². The standard InChI is InChI=1S/C28H27N5O2/c1-17(27(34)29-3)15-33-16-25-23(20-9-10-26-22(11-20)18(2)31-32-26)12-21(13-24(25)28(33)35)30-14-19-7-5-4-6-8-19/h4-13,30H,1,14-16H2,2-3H3,(H,29,34)(H,31,32). The average molecular weight is 466 g/mol. The van der Waals surface area contributed by atoms with E-state index >= 15 is 0 Å². The van der Waals surface area contributed by atoms with Gasteiger partial charge in [0.2, 0.25) is 5.91 Å². The Bertz CT molecular complexity index is 1460. The highest BCUT2D eigenvalue weighted by Crippen LogP contribution is 2.37. The predicted octanol–water partition coefficient (Wildman–Crippen LogP) is 4.41. The molecule has 0 saturated carbocycles. The molecule has 35 heavy (non-hydrogen) atoms. The van der Waals surface area contributed by atoms with Crippen molar-refractivity contribution in [2.24, 2.45) is 0 Å². The molecular formula is C28H27N5O2. The van der Waals surface area contributed by atoms with Crippen LogP contribution in [0.15, 0.2) is 72.8 Å². The van der Waals surface area contributed by atoms with Crippen LogP contribution in [0.25, 0.3) is 22.0 Å². The minimum atomic E-state index is -0.264. The second-order valence-electron chi connectivity index (χ2n) is 8.81. The summed E-state index contributed by atoms with van der Waals surface area (Å²) in [6, 6.07) is 20.3. The summed E-state index contributed by atoms with van der Waals surface area (Å²) < 4.78 is 0. The van der Waals surface area contributed by atoms with Gasteiger partial charge >= 0.3 is 0 Å². The van der Waals surface area contributed by atoms with Crippen LogP contribution in [0.3, 0.4) is 0 Å². The highest BCUT2D eigenvalue weighted by atomic mass is 16.2. The molecule has 0 aliphatic carbocycles. The predicted molar refractivity (Wildman–Crippen MR) is 138 cm³/mol. The maximum Gasteiger partial charge on any atom is 0.254 e. The molecule has 0 spiro atoms. The van der Waals surface area contributed by atoms with Gasteiger partial charge in [-0.3, -0.25) is 14.7 Å². The van der Waals surface area contributed by atoms with Crippen LogP contribution in [0, 0.1) is 6.92 Å². The summed E-state index contributed by atoms with van der Waals surface area (Å²) in [6.45, 7) is 7.09. The molecule has 2 amide bonds. The van der Waals surface area contributed by atoms with Crippen LogP contribution in [-0.4, -0.2) is 40.5 Å². The number of aryl methyl sites for hydroxylation is 1. The molecule has 0 atom stereocenters. The minimum Gasteiger partial charge on any atom is -0.381 e. The first-order chi connectivity index (χ1) is 16.9. The molecular weight excluding hydrogens is 438 g/mol. The van der Waals surface area contributed by atoms with Gasteiger partial charge in [0.05, 0.1) is 12.1 Å². The van der Waals surface area contributed by atoms with Crippen molar-refractivity contribution in [1.82, 2.24) is 20.4 Å². The van der Waals surface area contributed by atoms with Crippen molar-refractivity contribution in [2.75, 3.05) is 18.9 Å². The van der Waals surface area contributed by atoms with Crippen LogP contribution >= 0.6 is 0 Å². The molecule has 7 nitrogen and oxygen atoms in total. The number of hydrogen-bond acceptors (Lipinski definition) is 4. The van der Waals surface area contributed by atoms with Gasteiger partial charge < -0.3 is 15.5 Å². The second-order valence-corrected chi connectivity index (χ2v) is 8.81. The summed E-state index contributed by atoms with van der Waals surface area (Å²) in [7, 11) is 1.56. The molecule has 0 saturated heterocycles. The summed E-state index contributed by atoms with van der Waals surface area (Å²) in [5.41, 5.74) is 7.87. The first-order valence-corrected chi connectivity index (χ1v) is 11.5. The van der Waals surface area contributed by atoms with Crippen molar-refractivity contribution in [3.63, 3.8) is 0 Å². The van der Waals surface area contributed by atoms with Crippen molar-refractivity contribution in [3.8, 4) is 11.1 Å². The average Bonchev–Trinajstić information content (AvgIpc) is 3.41. The van der Waals surface area contributed by atoms with E-state index in [9.17, 15) is 9.59 Å². The Hall–Kier alpha value is -4.39. The van der Waals surface area contributed by atoms with Gasteiger partial charge in [0, 0.05) is 48.0 Å². The Morgan fingerprint density at radius 2 is 1.89 bits per heavy atom. The molecule has 176 valence electrons. The van der Waals surface area contributed by atoms with Crippen molar-refractivity contribution < 1.29 is 9.59 Å². The maximum atomic E-state index is 13.4. The molecule has 1 aliphatic rings. The third-order valence-corrected chi connectivity index (χ3v) is 6.44. The molecule has 7 heteroatoms. The van der Waals surface area contributed by atoms with E-state index in [0.29, 0.717) is 24.2 Å². The van der Waals surface area contributed by atoms with Crippen LogP contribution in [0.4, 0.5) is 5.69 Å². The van der Waals surface area contributed by atoms with Gasteiger partial charge in [-0.15, -0.1) is 0 Å². The highest BCUT2D eigenvalue weighted by molar-refractivity contribution is 6.03. The molecule has 3 N–H and O–H groups in total. The Labute approximate surface area is 203 Å². The van der Waals surface area contributed by atoms with Crippen LogP contribution in [0.5, 0.6) is 0 Å². The Morgan fingerprint density at radius 1 is 1.11 bits per heavy atom. The van der Waals surface area contributed by atoms with Crippen molar-refractivity contribution >= 4 is 28.4 Å². The third kappa shape index (κ3) is 4.28. The second kappa shape index (κ2) is 9.10. The van der Waals surface area contributed by atoms with E-state index in [4.69, 9.17) is 0 Å². The number of carbonyl (C=O) groups is 2. The lowest BCUT2D eigenvalue weighted by Gasteiger charge is -2.16. The number of amides is 2. The summed E-state index contributed by atoms with van der Waals surface area (Å²) in [5, 5.41) is 14.5. The number of benzene rings is 3. The van der Waals surface area contributed by atoms with Gasteiger partial charge in [0.15, 0.2) is 0 Å². The van der Waals surface area contributed by atoms with E-state index in [0.717, 1.165) is 44.5 Å². The number of nitrogens with one attached hydrogen (secondary N) is 3. The minimum absolute atomic E-state index is 0.102. The molecule has 3 aromatic carbocycles. The smallest absolute Gasteiger partial charge is 0.254 e. The topological polar surface area (TPSA) is 90.1 Å². The summed E-state index contributed by atoms with van der Waals surface area (Å²) >= 11 is 0. The number of aromatic nitrogens is 2. The van der Waals surface area contributed by atoms with Crippen molar-refractivity contribution in [3.05, 3.63) is 95.2 Å². The number of likely N-dealkylation sites (N-methyl/N-ethyl adjacent to an activating group) is 1. The third-order valence-electron chi connectivity index (χ3n) is 6.44. The quantitative estimate of drug-likeness (QED) is 0.353. The van der Waals surface area contributed by atoms with Gasteiger partial charge in [-0.2, -0.15) is 5.10 Å². The molecule has 1 aliphatic heterocycles. The first kappa shape index (κ1) is 22.4. The molecule has 5 rings (SSSR count). The summed E-state index contributed by atoms with van der Waals surface area (Å²) in [6.07, 6.45) is 0. The normalized spacial score (nSPS) is 12.6. The number of hydrogen-bond donors (Lipinski definition) is 3. The molecule has 1 aromatic heterocycles. The SMILES string of the molecule is C=C(CN1Cc2c(cc(NCc3ccccc3)cc2-c2ccc3n[nH]c(C)c3c2)C1=O)C(=O)NC. The lowest BCUT2D eigenvalue weighted by atomic mass is 9.95. The molecule has 0 fully saturated rings. The van der Waals surface area contributed by atoms with E-state index < -0.39 is 0 Å². The Kier molecular flexibility index (Phi) is 5.82. The molecule has 0 radical (unpaired) electrons. The van der Waals surface area contributed by atoms with Gasteiger partial charge in [-0.1, -0.05) is 43.0 Å². The van der Waals surface area contributed by atoms with E-state index in [1.165, 1.54) is 0 Å². The van der Waals surface area contributed by atoms with Crippen molar-refractivity contribution in [2.45, 2.75) is 20.0 Å². The van der Waals surface area contributed by atoms with Gasteiger partial charge in [0.1, 0.15) is 0 Å². The summed E-state index contributed by atoms with van der Waals surface area (Å²) in [4.78, 5) is 27.1. The summed E-state index contributed by atoms with van der Waals surface area (Å²) in [5.74, 6) is -0.365. The number of fused-ring (bicyclic) bond motifs is 2. The lowest BCUT2D eigenvalue weighted by Crippen LogP contribution is -2.31. The van der Waals surface area contributed by atoms with E-state index in [-0.39, 0.29) is 18.4 Å². The van der Waals surface area contributed by atoms with Crippen LogP contribution < -0.4 is 10.6 Å². The fourth-order valence-electron chi connectivity index (χ4n) is 4.54. The molecule has 2 heterocycles. The van der Waals surface area contributed by atoms with Gasteiger partial charge in [0.25, 0.3) is 5.91 Å². The zero-order valence-corrected chi connectivity index (χ0v) is 19.8. The monoisotopic (exact) mass is 465 g/mol. The number of anilines is 1. The molecule has 4 aromatic rings. The lowest BCUT2D eigenvalue weighted by molar-refractivity contribution is -0.117. The van der Waals surface area contributed by atoms with Crippen LogP contribution in [0.2, 0.25) is 0 Å². The number of aromatic amines is 1. The zero-order valence-electron chi connectivity index (χ0n) is 19.8. The highest BCUT2D eigenvalue weighted by Gasteiger charge is 2.31. The van der Waals surface area contributed by atoms with Crippen molar-refractivity contribution in [1.29, 1.82) is 0 Å². The largest absolute Gasteiger partial charge is 0.381 e. The fourth-order valence-corrected chi connectivity index (χ4v) is 4.54. The fraction of sp³-hybridized carbons (Fsp3) is 0.179. The van der Waals surface area contributed by atoms with Gasteiger partial charge in [-0.05, 0) is 53.4 Å². The molecule has 0 bridgehead atoms. The van der Waals surface area contributed by atoms with E-state index in [1.807, 2.05) is 43.3 Å². The van der Waals surface area contributed by atoms with Gasteiger partial charge in [-0.25, -0.2) is 0 Å². The zero-order chi connectivity index (χ0) is 24.5. The first-order valence-electron chi connectivity index (χ1n) is 11.5. The number of H-pyrrole nitrogens is 1. The van der Waals surface area contributed by atoms with E-state index in [1.54, 1.807) is 11.9 Å². The Balaban J connectivity index is 1.54. The van der Waals surface area contributed by atoms with Crippen LogP contribution in [-0.2, 0) is 17.9 Å². The number of nitrogens with zero attached hydrogens (tertiary/aromatic N) is 2. The Morgan fingerprint density at radius 3 is 2.66 bits per heavy atom. The maximum absolute atomic E-state index is 13.4. The number of rotatable bonds is 7. The molecule has 0 unspecified atom stereocenters. The van der Waals surface area contributed by atoms with Crippen LogP contribution in [0.1, 0.15) is 27.2 Å².